The highest BCUT2D eigenvalue weighted by Crippen LogP contribution is 2.46. The molecule has 3 aliphatic heterocycles. The molecule has 5 aliphatic rings. The van der Waals surface area contributed by atoms with Crippen molar-refractivity contribution >= 4 is 41.7 Å². The number of fused-ring (bicyclic) bond motifs is 3. The van der Waals surface area contributed by atoms with Gasteiger partial charge in [0.05, 0.1) is 19.5 Å². The predicted molar refractivity (Wildman–Crippen MR) is 188 cm³/mol. The molecule has 5 amide bonds. The lowest BCUT2D eigenvalue weighted by molar-refractivity contribution is -0.142. The number of nitrogens with zero attached hydrogens (tertiary/aromatic N) is 2. The average molecular weight is 718 g/mol. The highest BCUT2D eigenvalue weighted by molar-refractivity contribution is 7.98. The number of amides is 5. The Hall–Kier alpha value is -4.39. The first-order chi connectivity index (χ1) is 24.7. The molecule has 2 saturated carbocycles. The Bertz CT molecular complexity index is 1700. The zero-order valence-corrected chi connectivity index (χ0v) is 29.3. The van der Waals surface area contributed by atoms with Crippen molar-refractivity contribution in [3.05, 3.63) is 83.2 Å². The fourth-order valence-electron chi connectivity index (χ4n) is 7.33. The zero-order chi connectivity index (χ0) is 35.5. The molecule has 2 aromatic carbocycles. The lowest BCUT2D eigenvalue weighted by Crippen LogP contribution is -2.57. The van der Waals surface area contributed by atoms with E-state index in [1.807, 2.05) is 36.4 Å². The number of carbonyl (C=O) groups is 5. The highest BCUT2D eigenvalue weighted by atomic mass is 32.2. The SMILES string of the molecule is O=C(Cc1ccccc1)N[C@H]1CCCCC/C=C\[C@@H]2C[C@@]2(C(=O)NSC2CC2)NC(=O)C2C[C@@H](OC(=O)N3Cc4cccc(F)c4C3)CN2C1=O. The van der Waals surface area contributed by atoms with Crippen LogP contribution in [0.2, 0.25) is 0 Å². The fourth-order valence-corrected chi connectivity index (χ4v) is 8.16. The van der Waals surface area contributed by atoms with E-state index >= 15 is 0 Å². The summed E-state index contributed by atoms with van der Waals surface area (Å²) < 4.78 is 23.3. The first-order valence-electron chi connectivity index (χ1n) is 18.0. The van der Waals surface area contributed by atoms with Gasteiger partial charge in [-0.25, -0.2) is 9.18 Å². The van der Waals surface area contributed by atoms with Crippen LogP contribution in [-0.2, 0) is 43.4 Å². The van der Waals surface area contributed by atoms with E-state index in [-0.39, 0.29) is 56.0 Å². The van der Waals surface area contributed by atoms with Crippen LogP contribution in [0, 0.1) is 11.7 Å². The lowest BCUT2D eigenvalue weighted by atomic mass is 10.0. The molecule has 5 atom stereocenters. The van der Waals surface area contributed by atoms with E-state index in [1.165, 1.54) is 27.8 Å². The molecular weight excluding hydrogens is 674 g/mol. The third-order valence-electron chi connectivity index (χ3n) is 10.5. The summed E-state index contributed by atoms with van der Waals surface area (Å²) in [4.78, 5) is 71.6. The van der Waals surface area contributed by atoms with Crippen LogP contribution < -0.4 is 15.4 Å². The van der Waals surface area contributed by atoms with Crippen molar-refractivity contribution in [2.75, 3.05) is 6.54 Å². The molecular formula is C38H44FN5O6S. The molecule has 7 rings (SSSR count). The van der Waals surface area contributed by atoms with Crippen molar-refractivity contribution in [1.29, 1.82) is 0 Å². The summed E-state index contributed by atoms with van der Waals surface area (Å²) in [6.07, 6.45) is 8.74. The molecule has 0 spiro atoms. The first kappa shape index (κ1) is 35.0. The number of allylic oxidation sites excluding steroid dienone is 1. The molecule has 1 unspecified atom stereocenters. The number of hydrogen-bond acceptors (Lipinski definition) is 7. The molecule has 0 bridgehead atoms. The number of rotatable bonds is 7. The van der Waals surface area contributed by atoms with E-state index in [1.54, 1.807) is 12.1 Å². The summed E-state index contributed by atoms with van der Waals surface area (Å²) in [5.74, 6) is -2.10. The molecule has 270 valence electrons. The molecule has 3 N–H and O–H groups in total. The van der Waals surface area contributed by atoms with Gasteiger partial charge in [0.25, 0.3) is 5.91 Å². The minimum absolute atomic E-state index is 0.0121. The number of carbonyl (C=O) groups excluding carboxylic acids is 5. The second-order valence-electron chi connectivity index (χ2n) is 14.3. The second kappa shape index (κ2) is 15.1. The van der Waals surface area contributed by atoms with Gasteiger partial charge in [-0.15, -0.1) is 0 Å². The van der Waals surface area contributed by atoms with Gasteiger partial charge in [-0.2, -0.15) is 0 Å². The molecule has 13 heteroatoms. The van der Waals surface area contributed by atoms with Crippen molar-refractivity contribution < 1.29 is 33.1 Å². The van der Waals surface area contributed by atoms with Gasteiger partial charge in [0, 0.05) is 29.7 Å². The van der Waals surface area contributed by atoms with Gasteiger partial charge in [0.2, 0.25) is 17.7 Å². The fraction of sp³-hybridized carbons (Fsp3) is 0.500. The van der Waals surface area contributed by atoms with Gasteiger partial charge in [-0.3, -0.25) is 28.8 Å². The Labute approximate surface area is 301 Å². The van der Waals surface area contributed by atoms with E-state index < -0.39 is 41.6 Å². The molecule has 1 saturated heterocycles. The van der Waals surface area contributed by atoms with Crippen LogP contribution in [0.1, 0.15) is 74.5 Å². The van der Waals surface area contributed by atoms with Crippen molar-refractivity contribution in [2.24, 2.45) is 5.92 Å². The van der Waals surface area contributed by atoms with Crippen LogP contribution in [0.5, 0.6) is 0 Å². The standard InChI is InChI=1S/C38H44FN5O6S/c39-30-14-9-12-25-21-43(23-29(25)30)37(49)50-27-19-32-34(46)41-38(36(48)42-51-28-16-17-28)20-26(38)13-7-2-1-3-8-15-31(35(47)44(32)22-27)40-33(45)18-24-10-5-4-6-11-24/h4-7,9-14,26-28,31-32H,1-3,8,15-23H2,(H,40,45)(H,41,46)(H,42,48)/b13-7-/t26-,27-,31+,32?,38-/m1/s1. The minimum Gasteiger partial charge on any atom is -0.444 e. The summed E-state index contributed by atoms with van der Waals surface area (Å²) >= 11 is 1.38. The van der Waals surface area contributed by atoms with Gasteiger partial charge < -0.3 is 20.3 Å². The molecule has 2 aromatic rings. The van der Waals surface area contributed by atoms with Crippen molar-refractivity contribution in [2.45, 2.75) is 106 Å². The Kier molecular flexibility index (Phi) is 10.4. The molecule has 2 aliphatic carbocycles. The molecule has 0 radical (unpaired) electrons. The van der Waals surface area contributed by atoms with Crippen LogP contribution in [0.3, 0.4) is 0 Å². The monoisotopic (exact) mass is 717 g/mol. The number of nitrogens with one attached hydrogen (secondary N) is 3. The van der Waals surface area contributed by atoms with Crippen LogP contribution in [-0.4, -0.2) is 75.0 Å². The number of benzene rings is 2. The van der Waals surface area contributed by atoms with Crippen LogP contribution in [0.25, 0.3) is 0 Å². The quantitative estimate of drug-likeness (QED) is 0.287. The van der Waals surface area contributed by atoms with Gasteiger partial charge in [-0.05, 0) is 67.7 Å². The zero-order valence-electron chi connectivity index (χ0n) is 28.5. The Morgan fingerprint density at radius 1 is 1.00 bits per heavy atom. The second-order valence-corrected chi connectivity index (χ2v) is 15.5. The van der Waals surface area contributed by atoms with E-state index in [9.17, 15) is 28.4 Å². The van der Waals surface area contributed by atoms with Crippen molar-refractivity contribution in [3.63, 3.8) is 0 Å². The maximum Gasteiger partial charge on any atom is 0.410 e. The van der Waals surface area contributed by atoms with Crippen molar-refractivity contribution in [1.82, 2.24) is 25.2 Å². The summed E-state index contributed by atoms with van der Waals surface area (Å²) in [7, 11) is 0. The maximum atomic E-state index is 14.4. The summed E-state index contributed by atoms with van der Waals surface area (Å²) in [5.41, 5.74) is 0.802. The van der Waals surface area contributed by atoms with E-state index in [0.717, 1.165) is 37.7 Å². The number of ether oxygens (including phenoxy) is 1. The Morgan fingerprint density at radius 3 is 2.61 bits per heavy atom. The smallest absolute Gasteiger partial charge is 0.410 e. The topological polar surface area (TPSA) is 137 Å². The van der Waals surface area contributed by atoms with Gasteiger partial charge >= 0.3 is 6.09 Å². The largest absolute Gasteiger partial charge is 0.444 e. The van der Waals surface area contributed by atoms with E-state index in [0.29, 0.717) is 35.6 Å². The molecule has 3 heterocycles. The maximum absolute atomic E-state index is 14.4. The minimum atomic E-state index is -1.15. The first-order valence-corrected chi connectivity index (χ1v) is 18.9. The average Bonchev–Trinajstić information content (AvgIpc) is 3.97. The molecule has 0 aromatic heterocycles. The molecule has 3 fully saturated rings. The Balaban J connectivity index is 1.11. The third kappa shape index (κ3) is 8.08. The van der Waals surface area contributed by atoms with Crippen LogP contribution in [0.4, 0.5) is 9.18 Å². The number of halogens is 1. The highest BCUT2D eigenvalue weighted by Gasteiger charge is 2.61. The predicted octanol–water partition coefficient (Wildman–Crippen LogP) is 4.30. The van der Waals surface area contributed by atoms with Gasteiger partial charge in [0.1, 0.15) is 29.5 Å². The van der Waals surface area contributed by atoms with Crippen molar-refractivity contribution in [3.8, 4) is 0 Å². The van der Waals surface area contributed by atoms with E-state index in [4.69, 9.17) is 4.74 Å². The number of hydrogen-bond donors (Lipinski definition) is 3. The summed E-state index contributed by atoms with van der Waals surface area (Å²) in [6.45, 7) is 0.177. The Morgan fingerprint density at radius 2 is 1.82 bits per heavy atom. The van der Waals surface area contributed by atoms with Gasteiger partial charge in [0.15, 0.2) is 0 Å². The summed E-state index contributed by atoms with van der Waals surface area (Å²) in [6, 6.07) is 12.0. The lowest BCUT2D eigenvalue weighted by Gasteiger charge is -2.30. The summed E-state index contributed by atoms with van der Waals surface area (Å²) in [5, 5.41) is 6.33. The van der Waals surface area contributed by atoms with E-state index in [2.05, 4.69) is 21.4 Å². The molecule has 51 heavy (non-hydrogen) atoms. The van der Waals surface area contributed by atoms with Crippen LogP contribution in [0.15, 0.2) is 60.7 Å². The normalized spacial score (nSPS) is 28.3. The molecule has 11 nitrogen and oxygen atoms in total. The van der Waals surface area contributed by atoms with Gasteiger partial charge in [-0.1, -0.05) is 67.5 Å². The van der Waals surface area contributed by atoms with Crippen LogP contribution >= 0.6 is 11.9 Å². The third-order valence-corrected chi connectivity index (χ3v) is 11.6.